The zero-order valence-electron chi connectivity index (χ0n) is 14.6. The van der Waals surface area contributed by atoms with Gasteiger partial charge in [0.05, 0.1) is 5.41 Å². The van der Waals surface area contributed by atoms with Crippen LogP contribution in [0.25, 0.3) is 0 Å². The molecule has 0 aromatic carbocycles. The summed E-state index contributed by atoms with van der Waals surface area (Å²) in [6.07, 6.45) is 2.00. The summed E-state index contributed by atoms with van der Waals surface area (Å²) in [7, 11) is 0. The highest BCUT2D eigenvalue weighted by Crippen LogP contribution is 2.68. The molecule has 0 aromatic heterocycles. The molecule has 23 heavy (non-hydrogen) atoms. The molecule has 0 radical (unpaired) electrons. The molecule has 3 fully saturated rings. The molecule has 3 atom stereocenters. The summed E-state index contributed by atoms with van der Waals surface area (Å²) >= 11 is 0. The molecule has 5 nitrogen and oxygen atoms in total. The van der Waals surface area contributed by atoms with Crippen molar-refractivity contribution in [3.05, 3.63) is 0 Å². The minimum atomic E-state index is -1.60. The molecule has 0 unspecified atom stereocenters. The van der Waals surface area contributed by atoms with E-state index in [0.29, 0.717) is 12.8 Å². The molecule has 2 saturated carbocycles. The van der Waals surface area contributed by atoms with Gasteiger partial charge in [0.2, 0.25) is 0 Å². The molecular weight excluding hydrogens is 296 g/mol. The van der Waals surface area contributed by atoms with Gasteiger partial charge in [-0.2, -0.15) is 0 Å². The Balaban J connectivity index is 2.20. The maximum atomic E-state index is 13.1. The van der Waals surface area contributed by atoms with Crippen LogP contribution in [0.15, 0.2) is 0 Å². The van der Waals surface area contributed by atoms with Gasteiger partial charge in [-0.1, -0.05) is 20.8 Å². The standard InChI is InChI=1S/C18H26O5/c1-14(2)6-11(19)18(12(20)21)10-16(5,7-14)9-17(18)8-15(3,4)13(22)23-17/h6-10H2,1-5H3,(H,20,21)/t16-,17+,18+/m0/s1. The monoisotopic (exact) mass is 322 g/mol. The van der Waals surface area contributed by atoms with Gasteiger partial charge in [-0.05, 0) is 43.9 Å². The molecule has 1 aliphatic heterocycles. The lowest BCUT2D eigenvalue weighted by molar-refractivity contribution is -0.178. The number of carboxylic acid groups (broad SMARTS) is 1. The number of ketones is 1. The first-order valence-corrected chi connectivity index (χ1v) is 8.28. The Morgan fingerprint density at radius 3 is 2.09 bits per heavy atom. The fourth-order valence-corrected chi connectivity index (χ4v) is 5.85. The summed E-state index contributed by atoms with van der Waals surface area (Å²) in [5, 5.41) is 10.1. The van der Waals surface area contributed by atoms with E-state index < -0.39 is 22.4 Å². The summed E-state index contributed by atoms with van der Waals surface area (Å²) in [4.78, 5) is 37.7. The smallest absolute Gasteiger partial charge is 0.321 e. The Kier molecular flexibility index (Phi) is 2.98. The first-order chi connectivity index (χ1) is 10.3. The third-order valence-electron chi connectivity index (χ3n) is 6.14. The summed E-state index contributed by atoms with van der Waals surface area (Å²) < 4.78 is 5.72. The minimum Gasteiger partial charge on any atom is -0.480 e. The number of carbonyl (C=O) groups is 3. The van der Waals surface area contributed by atoms with Gasteiger partial charge in [0.1, 0.15) is 5.60 Å². The lowest BCUT2D eigenvalue weighted by atomic mass is 9.63. The van der Waals surface area contributed by atoms with Gasteiger partial charge in [0.25, 0.3) is 0 Å². The Hall–Kier alpha value is -1.39. The lowest BCUT2D eigenvalue weighted by Crippen LogP contribution is -2.55. The van der Waals surface area contributed by atoms with E-state index in [9.17, 15) is 19.5 Å². The number of aliphatic carboxylic acids is 1. The lowest BCUT2D eigenvalue weighted by Gasteiger charge is -2.41. The number of fused-ring (bicyclic) bond motifs is 3. The first kappa shape index (κ1) is 16.5. The van der Waals surface area contributed by atoms with E-state index in [0.717, 1.165) is 6.42 Å². The van der Waals surface area contributed by atoms with Crippen molar-refractivity contribution in [2.75, 3.05) is 0 Å². The molecule has 3 aliphatic rings. The van der Waals surface area contributed by atoms with Crippen LogP contribution >= 0.6 is 0 Å². The number of carbonyl (C=O) groups excluding carboxylic acids is 2. The van der Waals surface area contributed by atoms with E-state index in [1.165, 1.54) is 0 Å². The van der Waals surface area contributed by atoms with Crippen LogP contribution in [-0.4, -0.2) is 28.4 Å². The SMILES string of the molecule is CC1(C)CC(=O)[C@@]2(C(=O)O)C[C@@](C)(C1)C[C@]21CC(C)(C)C(=O)O1. The van der Waals surface area contributed by atoms with Crippen molar-refractivity contribution >= 4 is 17.7 Å². The zero-order valence-corrected chi connectivity index (χ0v) is 14.6. The summed E-state index contributed by atoms with van der Waals surface area (Å²) in [6, 6.07) is 0. The molecule has 1 spiro atoms. The van der Waals surface area contributed by atoms with Crippen molar-refractivity contribution < 1.29 is 24.2 Å². The van der Waals surface area contributed by atoms with Gasteiger partial charge < -0.3 is 9.84 Å². The van der Waals surface area contributed by atoms with E-state index in [1.807, 2.05) is 20.8 Å². The maximum absolute atomic E-state index is 13.1. The van der Waals surface area contributed by atoms with Crippen LogP contribution in [0.3, 0.4) is 0 Å². The Bertz CT molecular complexity index is 619. The van der Waals surface area contributed by atoms with E-state index in [2.05, 4.69) is 0 Å². The highest BCUT2D eigenvalue weighted by molar-refractivity contribution is 6.06. The van der Waals surface area contributed by atoms with E-state index in [-0.39, 0.29) is 35.4 Å². The van der Waals surface area contributed by atoms with Gasteiger partial charge in [-0.25, -0.2) is 0 Å². The fourth-order valence-electron chi connectivity index (χ4n) is 5.85. The van der Waals surface area contributed by atoms with E-state index >= 15 is 0 Å². The molecule has 3 rings (SSSR count). The minimum absolute atomic E-state index is 0.217. The summed E-state index contributed by atoms with van der Waals surface area (Å²) in [5.74, 6) is -1.80. The zero-order chi connectivity index (χ0) is 17.5. The Labute approximate surface area is 136 Å². The molecule has 128 valence electrons. The summed E-state index contributed by atoms with van der Waals surface area (Å²) in [6.45, 7) is 9.62. The van der Waals surface area contributed by atoms with Crippen molar-refractivity contribution in [1.29, 1.82) is 0 Å². The van der Waals surface area contributed by atoms with Gasteiger partial charge in [-0.3, -0.25) is 14.4 Å². The van der Waals surface area contributed by atoms with Crippen LogP contribution in [-0.2, 0) is 19.1 Å². The predicted octanol–water partition coefficient (Wildman–Crippen LogP) is 2.96. The number of esters is 1. The first-order valence-electron chi connectivity index (χ1n) is 8.28. The number of rotatable bonds is 1. The van der Waals surface area contributed by atoms with Crippen LogP contribution in [0.5, 0.6) is 0 Å². The Morgan fingerprint density at radius 1 is 1.00 bits per heavy atom. The van der Waals surface area contributed by atoms with Crippen molar-refractivity contribution in [1.82, 2.24) is 0 Å². The molecule has 5 heteroatoms. The average molecular weight is 322 g/mol. The van der Waals surface area contributed by atoms with Crippen molar-refractivity contribution in [3.63, 3.8) is 0 Å². The molecule has 1 N–H and O–H groups in total. The molecular formula is C18H26O5. The van der Waals surface area contributed by atoms with Gasteiger partial charge in [0.15, 0.2) is 11.2 Å². The normalized spacial score (nSPS) is 44.2. The van der Waals surface area contributed by atoms with Crippen molar-refractivity contribution in [3.8, 4) is 0 Å². The molecule has 1 heterocycles. The molecule has 0 aromatic rings. The third-order valence-corrected chi connectivity index (χ3v) is 6.14. The molecule has 1 saturated heterocycles. The molecule has 2 bridgehead atoms. The number of hydrogen-bond acceptors (Lipinski definition) is 4. The van der Waals surface area contributed by atoms with Crippen LogP contribution < -0.4 is 0 Å². The second kappa shape index (κ2) is 4.17. The van der Waals surface area contributed by atoms with E-state index in [4.69, 9.17) is 4.74 Å². The quantitative estimate of drug-likeness (QED) is 0.593. The summed E-state index contributed by atoms with van der Waals surface area (Å²) in [5.41, 5.74) is -4.08. The van der Waals surface area contributed by atoms with Crippen LogP contribution in [0, 0.1) is 21.7 Å². The maximum Gasteiger partial charge on any atom is 0.321 e. The fraction of sp³-hybridized carbons (Fsp3) is 0.833. The van der Waals surface area contributed by atoms with Crippen LogP contribution in [0.2, 0.25) is 0 Å². The third kappa shape index (κ3) is 2.01. The number of ether oxygens (including phenoxy) is 1. The molecule has 2 aliphatic carbocycles. The highest BCUT2D eigenvalue weighted by atomic mass is 16.6. The van der Waals surface area contributed by atoms with Gasteiger partial charge in [-0.15, -0.1) is 0 Å². The van der Waals surface area contributed by atoms with Gasteiger partial charge in [0, 0.05) is 12.8 Å². The Morgan fingerprint density at radius 2 is 1.61 bits per heavy atom. The topological polar surface area (TPSA) is 80.7 Å². The highest BCUT2D eigenvalue weighted by Gasteiger charge is 2.76. The van der Waals surface area contributed by atoms with Crippen LogP contribution in [0.4, 0.5) is 0 Å². The number of Topliss-reactive ketones (excluding diaryl/α,β-unsaturated/α-hetero) is 1. The average Bonchev–Trinajstić information content (AvgIpc) is 2.64. The number of carboxylic acids is 1. The predicted molar refractivity (Wildman–Crippen MR) is 82.7 cm³/mol. The second-order valence-corrected chi connectivity index (χ2v) is 9.76. The van der Waals surface area contributed by atoms with E-state index in [1.54, 1.807) is 13.8 Å². The molecule has 0 amide bonds. The largest absolute Gasteiger partial charge is 0.480 e. The van der Waals surface area contributed by atoms with Gasteiger partial charge >= 0.3 is 11.9 Å². The van der Waals surface area contributed by atoms with Crippen molar-refractivity contribution in [2.45, 2.75) is 72.3 Å². The second-order valence-electron chi connectivity index (χ2n) is 9.76. The van der Waals surface area contributed by atoms with Crippen molar-refractivity contribution in [2.24, 2.45) is 21.7 Å². The van der Waals surface area contributed by atoms with Crippen LogP contribution in [0.1, 0.15) is 66.7 Å². The number of hydrogen-bond donors (Lipinski definition) is 1.